The van der Waals surface area contributed by atoms with Crippen LogP contribution in [0.4, 0.5) is 0 Å². The Hall–Kier alpha value is -7.92. The van der Waals surface area contributed by atoms with E-state index in [0.29, 0.717) is 45.6 Å². The van der Waals surface area contributed by atoms with Gasteiger partial charge in [0.25, 0.3) is 0 Å². The van der Waals surface area contributed by atoms with Crippen LogP contribution in [0, 0.1) is 41.5 Å². The minimum Gasteiger partial charge on any atom is -0.495 e. The molecule has 0 amide bonds. The van der Waals surface area contributed by atoms with Gasteiger partial charge in [0.05, 0.1) is 49.3 Å². The second-order valence-corrected chi connectivity index (χ2v) is 23.4. The predicted molar refractivity (Wildman–Crippen MR) is 297 cm³/mol. The van der Waals surface area contributed by atoms with Gasteiger partial charge in [0.1, 0.15) is 35.2 Å². The lowest BCUT2D eigenvalue weighted by Crippen LogP contribution is -2.31. The first-order valence-electron chi connectivity index (χ1n) is 24.8. The molecule has 0 unspecified atom stereocenters. The quantitative estimate of drug-likeness (QED) is 0.0577. The van der Waals surface area contributed by atoms with Crippen molar-refractivity contribution in [3.05, 3.63) is 180 Å². The summed E-state index contributed by atoms with van der Waals surface area (Å²) in [4.78, 5) is 25.9. The number of aryl methyl sites for hydroxylation is 6. The predicted octanol–water partition coefficient (Wildman–Crippen LogP) is 8.60. The van der Waals surface area contributed by atoms with Gasteiger partial charge in [0.2, 0.25) is 0 Å². The van der Waals surface area contributed by atoms with E-state index in [-0.39, 0.29) is 36.5 Å². The van der Waals surface area contributed by atoms with Crippen LogP contribution < -0.4 is 9.47 Å². The molecule has 0 spiro atoms. The van der Waals surface area contributed by atoms with Gasteiger partial charge in [-0.05, 0) is 113 Å². The van der Waals surface area contributed by atoms with Crippen molar-refractivity contribution >= 4 is 19.7 Å². The number of benzene rings is 2. The molecule has 6 aromatic heterocycles. The molecule has 22 heteroatoms. The summed E-state index contributed by atoms with van der Waals surface area (Å²) in [6.45, 7) is 22.2. The molecule has 78 heavy (non-hydrogen) atoms. The van der Waals surface area contributed by atoms with Crippen molar-refractivity contribution in [2.75, 3.05) is 27.4 Å². The van der Waals surface area contributed by atoms with Gasteiger partial charge >= 0.3 is 0 Å². The number of nitrogens with zero attached hydrogens (tertiary/aromatic N) is 12. The van der Waals surface area contributed by atoms with Crippen LogP contribution in [0.5, 0.6) is 11.5 Å². The maximum Gasteiger partial charge on any atom is 0.170 e. The summed E-state index contributed by atoms with van der Waals surface area (Å²) in [5.74, 6) is 2.26. The minimum atomic E-state index is -3.86. The number of hydrogen-bond donors (Lipinski definition) is 0. The fraction of sp³-hybridized carbons (Fsp3) is 0.321. The van der Waals surface area contributed by atoms with Crippen LogP contribution in [-0.4, -0.2) is 114 Å². The Morgan fingerprint density at radius 3 is 1.23 bits per heavy atom. The Kier molecular flexibility index (Phi) is 18.9. The smallest absolute Gasteiger partial charge is 0.170 e. The molecule has 0 aliphatic heterocycles. The third kappa shape index (κ3) is 13.2. The summed E-state index contributed by atoms with van der Waals surface area (Å²) in [5, 5.41) is 15.5. The van der Waals surface area contributed by atoms with Crippen LogP contribution in [0.1, 0.15) is 82.7 Å². The SMILES string of the molecule is C=CCO[C@@H](c1ncc(C)cn1)[C@H](C)S(=O)(=O)Cc1nnc(-c2cncc(C)c2)n1-c1c(C)cccc1OC.C=CCO[C@H](c1ncc(C)cn1)[C@@H](C)S(=O)(=O)Cc1nnc(-c2cncc(C)c2)n1-c1c(C)cccc1OC. The molecule has 0 radical (unpaired) electrons. The Bertz CT molecular complexity index is 3370. The second kappa shape index (κ2) is 25.5. The maximum absolute atomic E-state index is 13.9. The monoisotopic (exact) mass is 1100 g/mol. The molecule has 0 N–H and O–H groups in total. The first kappa shape index (κ1) is 57.8. The van der Waals surface area contributed by atoms with E-state index >= 15 is 0 Å². The van der Waals surface area contributed by atoms with E-state index in [9.17, 15) is 16.8 Å². The highest BCUT2D eigenvalue weighted by Crippen LogP contribution is 2.36. The minimum absolute atomic E-state index is 0.142. The van der Waals surface area contributed by atoms with Gasteiger partial charge in [0.15, 0.2) is 54.6 Å². The zero-order valence-electron chi connectivity index (χ0n) is 45.4. The van der Waals surface area contributed by atoms with Crippen LogP contribution in [-0.2, 0) is 40.7 Å². The number of rotatable bonds is 22. The van der Waals surface area contributed by atoms with Crippen LogP contribution in [0.3, 0.4) is 0 Å². The number of para-hydroxylation sites is 2. The van der Waals surface area contributed by atoms with Gasteiger partial charge in [-0.3, -0.25) is 19.1 Å². The van der Waals surface area contributed by atoms with Crippen LogP contribution >= 0.6 is 0 Å². The molecule has 0 aliphatic carbocycles. The molecular formula is C56H64N12O8S2. The molecule has 0 saturated carbocycles. The van der Waals surface area contributed by atoms with Crippen molar-refractivity contribution in [3.8, 4) is 45.6 Å². The third-order valence-corrected chi connectivity index (χ3v) is 16.6. The molecule has 2 aromatic carbocycles. The van der Waals surface area contributed by atoms with Gasteiger partial charge < -0.3 is 18.9 Å². The van der Waals surface area contributed by atoms with Crippen molar-refractivity contribution in [1.82, 2.24) is 59.4 Å². The fourth-order valence-corrected chi connectivity index (χ4v) is 11.2. The van der Waals surface area contributed by atoms with E-state index in [0.717, 1.165) is 33.4 Å². The van der Waals surface area contributed by atoms with Crippen molar-refractivity contribution in [1.29, 1.82) is 0 Å². The van der Waals surface area contributed by atoms with E-state index in [2.05, 4.69) is 63.5 Å². The molecule has 408 valence electrons. The summed E-state index contributed by atoms with van der Waals surface area (Å²) >= 11 is 0. The Balaban J connectivity index is 0.000000226. The van der Waals surface area contributed by atoms with E-state index < -0.39 is 53.9 Å². The highest BCUT2D eigenvalue weighted by molar-refractivity contribution is 7.91. The average Bonchev–Trinajstić information content (AvgIpc) is 4.18. The van der Waals surface area contributed by atoms with E-state index in [4.69, 9.17) is 18.9 Å². The van der Waals surface area contributed by atoms with Crippen LogP contribution in [0.15, 0.2) is 123 Å². The molecule has 6 heterocycles. The summed E-state index contributed by atoms with van der Waals surface area (Å²) in [7, 11) is -4.59. The zero-order chi connectivity index (χ0) is 56.3. The van der Waals surface area contributed by atoms with Crippen molar-refractivity contribution in [2.24, 2.45) is 0 Å². The molecular weight excluding hydrogens is 1030 g/mol. The van der Waals surface area contributed by atoms with E-state index in [1.807, 2.05) is 90.1 Å². The van der Waals surface area contributed by atoms with E-state index in [1.54, 1.807) is 98.9 Å². The molecule has 0 aliphatic rings. The number of methoxy groups -OCH3 is 2. The molecule has 8 aromatic rings. The average molecular weight is 1100 g/mol. The van der Waals surface area contributed by atoms with Gasteiger partial charge in [-0.15, -0.1) is 33.6 Å². The van der Waals surface area contributed by atoms with Gasteiger partial charge in [0, 0.05) is 60.7 Å². The maximum atomic E-state index is 13.9. The summed E-state index contributed by atoms with van der Waals surface area (Å²) in [5.41, 5.74) is 8.01. The first-order valence-corrected chi connectivity index (χ1v) is 28.2. The molecule has 0 bridgehead atoms. The highest BCUT2D eigenvalue weighted by atomic mass is 32.2. The van der Waals surface area contributed by atoms with E-state index in [1.165, 1.54) is 0 Å². The zero-order valence-corrected chi connectivity index (χ0v) is 47.0. The first-order chi connectivity index (χ1) is 37.3. The molecule has 8 rings (SSSR count). The Labute approximate surface area is 455 Å². The molecule has 0 saturated heterocycles. The lowest BCUT2D eigenvalue weighted by atomic mass is 10.1. The summed E-state index contributed by atoms with van der Waals surface area (Å²) < 4.78 is 82.0. The lowest BCUT2D eigenvalue weighted by Gasteiger charge is -2.23. The fourth-order valence-electron chi connectivity index (χ4n) is 8.47. The summed E-state index contributed by atoms with van der Waals surface area (Å²) in [6.07, 6.45) is 14.7. The van der Waals surface area contributed by atoms with Crippen LogP contribution in [0.25, 0.3) is 34.2 Å². The number of ether oxygens (including phenoxy) is 4. The second-order valence-electron chi connectivity index (χ2n) is 18.7. The molecule has 20 nitrogen and oxygen atoms in total. The number of pyridine rings is 2. The Morgan fingerprint density at radius 1 is 0.526 bits per heavy atom. The third-order valence-electron chi connectivity index (χ3n) is 12.6. The number of aromatic nitrogens is 12. The van der Waals surface area contributed by atoms with Crippen LogP contribution in [0.2, 0.25) is 0 Å². The Morgan fingerprint density at radius 2 is 0.897 bits per heavy atom. The summed E-state index contributed by atoms with van der Waals surface area (Å²) in [6, 6.07) is 15.1. The lowest BCUT2D eigenvalue weighted by molar-refractivity contribution is 0.0668. The highest BCUT2D eigenvalue weighted by Gasteiger charge is 2.37. The number of sulfone groups is 2. The van der Waals surface area contributed by atoms with Gasteiger partial charge in [-0.1, -0.05) is 36.4 Å². The standard InChI is InChI=1S/2C28H32N6O4S/c2*1-7-11-38-26(27-30-14-19(3)15-31-27)21(5)39(35,36)17-24-32-33-28(22-12-18(2)13-29-16-22)34(24)25-20(4)9-8-10-23(25)37-6/h2*7-10,12-16,21,26H,1,11,17H2,2-6H3/t2*21-,26+/m10/s1. The van der Waals surface area contributed by atoms with Crippen molar-refractivity contribution in [2.45, 2.75) is 89.6 Å². The molecule has 4 atom stereocenters. The topological polar surface area (TPSA) is 244 Å². The van der Waals surface area contributed by atoms with Gasteiger partial charge in [-0.25, -0.2) is 36.8 Å². The van der Waals surface area contributed by atoms with Crippen molar-refractivity contribution < 1.29 is 35.8 Å². The number of hydrogen-bond acceptors (Lipinski definition) is 18. The normalized spacial score (nSPS) is 13.2. The van der Waals surface area contributed by atoms with Gasteiger partial charge in [-0.2, -0.15) is 0 Å². The van der Waals surface area contributed by atoms with Crippen molar-refractivity contribution in [3.63, 3.8) is 0 Å². The largest absolute Gasteiger partial charge is 0.495 e. The molecule has 0 fully saturated rings.